The van der Waals surface area contributed by atoms with E-state index < -0.39 is 0 Å². The summed E-state index contributed by atoms with van der Waals surface area (Å²) in [7, 11) is 0. The topological polar surface area (TPSA) is 29.3 Å². The van der Waals surface area contributed by atoms with Crippen molar-refractivity contribution >= 4 is 5.69 Å². The van der Waals surface area contributed by atoms with Crippen molar-refractivity contribution in [3.63, 3.8) is 0 Å². The molecule has 0 fully saturated rings. The second kappa shape index (κ2) is 42.1. The number of nitrogens with zero attached hydrogens (tertiary/aromatic N) is 1. The van der Waals surface area contributed by atoms with Gasteiger partial charge in [-0.1, -0.05) is 270 Å². The molecule has 0 unspecified atom stereocenters. The van der Waals surface area contributed by atoms with Gasteiger partial charge in [-0.05, 0) is 30.5 Å². The Kier molecular flexibility index (Phi) is 39.7. The molecule has 1 aromatic carbocycles. The fourth-order valence-corrected chi connectivity index (χ4v) is 8.37. The summed E-state index contributed by atoms with van der Waals surface area (Å²) in [5.74, 6) is 0. The predicted molar refractivity (Wildman–Crippen MR) is 243 cm³/mol. The second-order valence-corrected chi connectivity index (χ2v) is 17.3. The Bertz CT molecular complexity index is 776. The maximum atomic E-state index is 6.01. The van der Waals surface area contributed by atoms with E-state index in [-0.39, 0.29) is 0 Å². The van der Waals surface area contributed by atoms with Crippen LogP contribution in [0.5, 0.6) is 0 Å². The summed E-state index contributed by atoms with van der Waals surface area (Å²) in [4.78, 5) is 2.67. The Labute approximate surface area is 335 Å². The average molecular weight is 739 g/mol. The van der Waals surface area contributed by atoms with Crippen LogP contribution in [0.25, 0.3) is 0 Å². The van der Waals surface area contributed by atoms with Crippen LogP contribution in [0.4, 0.5) is 5.69 Å². The minimum atomic E-state index is 0.639. The van der Waals surface area contributed by atoms with Crippen molar-refractivity contribution in [1.82, 2.24) is 0 Å². The van der Waals surface area contributed by atoms with Crippen molar-refractivity contribution < 1.29 is 0 Å². The van der Waals surface area contributed by atoms with Gasteiger partial charge in [0.2, 0.25) is 0 Å². The standard InChI is InChI=1S/C51H98N2/c1-3-5-7-9-11-13-15-17-19-21-23-25-27-29-31-33-35-37-39-41-46-53(51-45-43-44-50(48-51)49-52)47-42-40-38-36-34-32-30-28-26-24-22-20-18-16-14-12-10-8-6-4-2/h43-45,48H,3-42,46-47,49,52H2,1-2H3. The van der Waals surface area contributed by atoms with Crippen LogP contribution in [0.2, 0.25) is 0 Å². The third kappa shape index (κ3) is 35.2. The average Bonchev–Trinajstić information content (AvgIpc) is 3.18. The highest BCUT2D eigenvalue weighted by Crippen LogP contribution is 2.21. The molecule has 0 bridgehead atoms. The molecule has 0 spiro atoms. The van der Waals surface area contributed by atoms with E-state index in [1.165, 1.54) is 281 Å². The zero-order valence-corrected chi connectivity index (χ0v) is 36.7. The minimum absolute atomic E-state index is 0.639. The van der Waals surface area contributed by atoms with E-state index in [0.717, 1.165) is 0 Å². The highest BCUT2D eigenvalue weighted by molar-refractivity contribution is 5.48. The summed E-state index contributed by atoms with van der Waals surface area (Å²) >= 11 is 0. The SMILES string of the molecule is CCCCCCCCCCCCCCCCCCCCCCN(CCCCCCCCCCCCCCCCCCCCCC)c1cccc(CN)c1. The molecule has 0 aliphatic heterocycles. The van der Waals surface area contributed by atoms with E-state index in [1.807, 2.05) is 0 Å². The van der Waals surface area contributed by atoms with Crippen molar-refractivity contribution in [3.8, 4) is 0 Å². The Morgan fingerprint density at radius 3 is 0.830 bits per heavy atom. The van der Waals surface area contributed by atoms with Crippen LogP contribution in [-0.2, 0) is 6.54 Å². The molecule has 0 saturated heterocycles. The van der Waals surface area contributed by atoms with Gasteiger partial charge in [0.25, 0.3) is 0 Å². The van der Waals surface area contributed by atoms with Crippen molar-refractivity contribution in [1.29, 1.82) is 0 Å². The number of hydrogen-bond donors (Lipinski definition) is 1. The Balaban J connectivity index is 1.99. The van der Waals surface area contributed by atoms with Gasteiger partial charge in [-0.2, -0.15) is 0 Å². The molecule has 0 amide bonds. The molecular weight excluding hydrogens is 641 g/mol. The lowest BCUT2D eigenvalue weighted by Gasteiger charge is -2.25. The number of rotatable bonds is 44. The van der Waals surface area contributed by atoms with Crippen LogP contribution < -0.4 is 10.6 Å². The van der Waals surface area contributed by atoms with Crippen molar-refractivity contribution in [2.75, 3.05) is 18.0 Å². The van der Waals surface area contributed by atoms with Gasteiger partial charge in [-0.3, -0.25) is 0 Å². The molecule has 0 radical (unpaired) electrons. The zero-order chi connectivity index (χ0) is 38.0. The Morgan fingerprint density at radius 2 is 0.585 bits per heavy atom. The summed E-state index contributed by atoms with van der Waals surface area (Å²) in [6.45, 7) is 7.66. The lowest BCUT2D eigenvalue weighted by Crippen LogP contribution is -2.26. The molecule has 0 aromatic heterocycles. The van der Waals surface area contributed by atoms with Gasteiger partial charge in [-0.25, -0.2) is 0 Å². The molecule has 53 heavy (non-hydrogen) atoms. The lowest BCUT2D eigenvalue weighted by molar-refractivity contribution is 0.519. The zero-order valence-electron chi connectivity index (χ0n) is 36.7. The van der Waals surface area contributed by atoms with Gasteiger partial charge in [0, 0.05) is 25.3 Å². The molecule has 2 N–H and O–H groups in total. The summed E-state index contributed by atoms with van der Waals surface area (Å²) in [6.07, 6.45) is 57.8. The Hall–Kier alpha value is -1.02. The molecule has 312 valence electrons. The molecular formula is C51H98N2. The van der Waals surface area contributed by atoms with Gasteiger partial charge < -0.3 is 10.6 Å². The number of benzene rings is 1. The predicted octanol–water partition coefficient (Wildman–Crippen LogP) is 17.6. The minimum Gasteiger partial charge on any atom is -0.372 e. The number of nitrogens with two attached hydrogens (primary N) is 1. The van der Waals surface area contributed by atoms with Crippen LogP contribution in [0.3, 0.4) is 0 Å². The largest absolute Gasteiger partial charge is 0.372 e. The highest BCUT2D eigenvalue weighted by Gasteiger charge is 2.07. The van der Waals surface area contributed by atoms with Gasteiger partial charge in [0.1, 0.15) is 0 Å². The highest BCUT2D eigenvalue weighted by atomic mass is 15.1. The van der Waals surface area contributed by atoms with Gasteiger partial charge in [0.05, 0.1) is 0 Å². The fraction of sp³-hybridized carbons (Fsp3) is 0.882. The molecule has 0 aliphatic carbocycles. The second-order valence-electron chi connectivity index (χ2n) is 17.3. The van der Waals surface area contributed by atoms with Crippen LogP contribution >= 0.6 is 0 Å². The molecule has 2 heteroatoms. The van der Waals surface area contributed by atoms with Crippen molar-refractivity contribution in [2.45, 2.75) is 277 Å². The van der Waals surface area contributed by atoms with Gasteiger partial charge in [0.15, 0.2) is 0 Å². The Morgan fingerprint density at radius 1 is 0.340 bits per heavy atom. The van der Waals surface area contributed by atoms with E-state index >= 15 is 0 Å². The first kappa shape index (κ1) is 50.0. The van der Waals surface area contributed by atoms with Crippen LogP contribution in [0, 0.1) is 0 Å². The molecule has 1 aromatic rings. The fourth-order valence-electron chi connectivity index (χ4n) is 8.37. The first-order chi connectivity index (χ1) is 26.3. The lowest BCUT2D eigenvalue weighted by atomic mass is 10.0. The van der Waals surface area contributed by atoms with E-state index in [1.54, 1.807) is 0 Å². The maximum Gasteiger partial charge on any atom is 0.0369 e. The van der Waals surface area contributed by atoms with E-state index in [2.05, 4.69) is 43.0 Å². The molecule has 0 aliphatic rings. The number of anilines is 1. The molecule has 2 nitrogen and oxygen atoms in total. The summed E-state index contributed by atoms with van der Waals surface area (Å²) in [6, 6.07) is 9.04. The summed E-state index contributed by atoms with van der Waals surface area (Å²) < 4.78 is 0. The quantitative estimate of drug-likeness (QED) is 0.0676. The molecule has 0 atom stereocenters. The third-order valence-electron chi connectivity index (χ3n) is 12.1. The van der Waals surface area contributed by atoms with E-state index in [0.29, 0.717) is 6.54 Å². The molecule has 0 saturated carbocycles. The van der Waals surface area contributed by atoms with Crippen LogP contribution in [0.15, 0.2) is 24.3 Å². The molecule has 1 rings (SSSR count). The van der Waals surface area contributed by atoms with E-state index in [4.69, 9.17) is 5.73 Å². The molecule has 0 heterocycles. The summed E-state index contributed by atoms with van der Waals surface area (Å²) in [5, 5.41) is 0. The van der Waals surface area contributed by atoms with Crippen LogP contribution in [0.1, 0.15) is 276 Å². The monoisotopic (exact) mass is 739 g/mol. The summed E-state index contributed by atoms with van der Waals surface area (Å²) in [5.41, 5.74) is 8.67. The number of hydrogen-bond acceptors (Lipinski definition) is 2. The van der Waals surface area contributed by atoms with Gasteiger partial charge >= 0.3 is 0 Å². The normalized spacial score (nSPS) is 11.5. The van der Waals surface area contributed by atoms with E-state index in [9.17, 15) is 0 Å². The van der Waals surface area contributed by atoms with Crippen molar-refractivity contribution in [3.05, 3.63) is 29.8 Å². The maximum absolute atomic E-state index is 6.01. The first-order valence-electron chi connectivity index (χ1n) is 24.9. The van der Waals surface area contributed by atoms with Crippen LogP contribution in [-0.4, -0.2) is 13.1 Å². The number of unbranched alkanes of at least 4 members (excludes halogenated alkanes) is 38. The third-order valence-corrected chi connectivity index (χ3v) is 12.1. The van der Waals surface area contributed by atoms with Crippen molar-refractivity contribution in [2.24, 2.45) is 5.73 Å². The van der Waals surface area contributed by atoms with Gasteiger partial charge in [-0.15, -0.1) is 0 Å². The smallest absolute Gasteiger partial charge is 0.0369 e. The first-order valence-corrected chi connectivity index (χ1v) is 24.9.